The van der Waals surface area contributed by atoms with Crippen LogP contribution in [0.15, 0.2) is 18.2 Å². The molecule has 1 aromatic rings. The highest BCUT2D eigenvalue weighted by Crippen LogP contribution is 2.31. The molecule has 0 aromatic heterocycles. The maximum absolute atomic E-state index is 6.28. The highest BCUT2D eigenvalue weighted by Gasteiger charge is 2.20. The first-order chi connectivity index (χ1) is 7.72. The van der Waals surface area contributed by atoms with Gasteiger partial charge in [-0.15, -0.1) is 0 Å². The van der Waals surface area contributed by atoms with Crippen molar-refractivity contribution in [1.82, 2.24) is 5.32 Å². The number of anilines is 1. The summed E-state index contributed by atoms with van der Waals surface area (Å²) in [5, 5.41) is 4.22. The van der Waals surface area contributed by atoms with Gasteiger partial charge in [-0.25, -0.2) is 0 Å². The highest BCUT2D eigenvalue weighted by atomic mass is 35.5. The van der Waals surface area contributed by atoms with Crippen molar-refractivity contribution in [3.05, 3.63) is 28.8 Å². The van der Waals surface area contributed by atoms with E-state index < -0.39 is 0 Å². The van der Waals surface area contributed by atoms with Crippen molar-refractivity contribution in [3.63, 3.8) is 0 Å². The Balaban J connectivity index is 2.14. The fraction of sp³-hybridized carbons (Fsp3) is 0.538. The molecule has 16 heavy (non-hydrogen) atoms. The van der Waals surface area contributed by atoms with Crippen molar-refractivity contribution >= 4 is 17.3 Å². The van der Waals surface area contributed by atoms with Crippen LogP contribution in [0.3, 0.4) is 0 Å². The minimum absolute atomic E-state index is 0.666. The predicted octanol–water partition coefficient (Wildman–Crippen LogP) is 2.84. The Bertz CT molecular complexity index is 337. The van der Waals surface area contributed by atoms with Gasteiger partial charge in [0.2, 0.25) is 0 Å². The number of hydrogen-bond donors (Lipinski definition) is 1. The van der Waals surface area contributed by atoms with Crippen LogP contribution < -0.4 is 10.2 Å². The smallest absolute Gasteiger partial charge is 0.0642 e. The van der Waals surface area contributed by atoms with Crippen molar-refractivity contribution in [1.29, 1.82) is 0 Å². The van der Waals surface area contributed by atoms with E-state index in [9.17, 15) is 0 Å². The van der Waals surface area contributed by atoms with Crippen LogP contribution in [-0.2, 0) is 0 Å². The normalized spacial score (nSPS) is 17.8. The molecule has 0 radical (unpaired) electrons. The third kappa shape index (κ3) is 2.33. The Hall–Kier alpha value is -0.730. The average molecular weight is 239 g/mol. The van der Waals surface area contributed by atoms with Crippen LogP contribution in [0.25, 0.3) is 0 Å². The number of rotatable bonds is 2. The highest BCUT2D eigenvalue weighted by molar-refractivity contribution is 6.33. The molecule has 88 valence electrons. The molecule has 0 aliphatic carbocycles. The van der Waals surface area contributed by atoms with Crippen LogP contribution in [0.4, 0.5) is 5.69 Å². The summed E-state index contributed by atoms with van der Waals surface area (Å²) >= 11 is 6.28. The standard InChI is InChI=1S/C13H19ClN2/c1-10-4-3-5-12(14)13(10)16-8-6-11(15-2)7-9-16/h3-5,11,15H,6-9H2,1-2H3. The Morgan fingerprint density at radius 1 is 1.31 bits per heavy atom. The summed E-state index contributed by atoms with van der Waals surface area (Å²) in [6.45, 7) is 4.32. The summed E-state index contributed by atoms with van der Waals surface area (Å²) in [4.78, 5) is 2.41. The first kappa shape index (κ1) is 11.7. The number of halogens is 1. The molecule has 0 spiro atoms. The van der Waals surface area contributed by atoms with E-state index in [1.807, 2.05) is 19.2 Å². The summed E-state index contributed by atoms with van der Waals surface area (Å²) in [7, 11) is 2.04. The summed E-state index contributed by atoms with van der Waals surface area (Å²) in [6.07, 6.45) is 2.39. The van der Waals surface area contributed by atoms with E-state index in [0.29, 0.717) is 6.04 Å². The molecule has 2 rings (SSSR count). The maximum atomic E-state index is 6.28. The fourth-order valence-electron chi connectivity index (χ4n) is 2.42. The van der Waals surface area contributed by atoms with E-state index in [-0.39, 0.29) is 0 Å². The van der Waals surface area contributed by atoms with E-state index in [1.54, 1.807) is 0 Å². The first-order valence-corrected chi connectivity index (χ1v) is 6.27. The van der Waals surface area contributed by atoms with E-state index >= 15 is 0 Å². The molecular formula is C13H19ClN2. The number of piperidine rings is 1. The SMILES string of the molecule is CNC1CCN(c2c(C)cccc2Cl)CC1. The molecular weight excluding hydrogens is 220 g/mol. The third-order valence-corrected chi connectivity index (χ3v) is 3.71. The van der Waals surface area contributed by atoms with Gasteiger partial charge >= 0.3 is 0 Å². The monoisotopic (exact) mass is 238 g/mol. The Kier molecular flexibility index (Phi) is 3.72. The van der Waals surface area contributed by atoms with Gasteiger partial charge in [-0.1, -0.05) is 23.7 Å². The molecule has 3 heteroatoms. The minimum Gasteiger partial charge on any atom is -0.370 e. The maximum Gasteiger partial charge on any atom is 0.0642 e. The van der Waals surface area contributed by atoms with Gasteiger partial charge in [-0.2, -0.15) is 0 Å². The Morgan fingerprint density at radius 3 is 2.56 bits per heavy atom. The summed E-state index contributed by atoms with van der Waals surface area (Å²) in [6, 6.07) is 6.79. The Morgan fingerprint density at radius 2 is 2.00 bits per heavy atom. The molecule has 0 bridgehead atoms. The number of para-hydroxylation sites is 1. The number of nitrogens with zero attached hydrogens (tertiary/aromatic N) is 1. The second kappa shape index (κ2) is 5.07. The summed E-state index contributed by atoms with van der Waals surface area (Å²) in [5.74, 6) is 0. The van der Waals surface area contributed by atoms with Gasteiger partial charge in [-0.3, -0.25) is 0 Å². The second-order valence-electron chi connectivity index (χ2n) is 4.46. The lowest BCUT2D eigenvalue weighted by Gasteiger charge is -2.34. The quantitative estimate of drug-likeness (QED) is 0.853. The molecule has 0 saturated carbocycles. The van der Waals surface area contributed by atoms with Crippen molar-refractivity contribution in [2.45, 2.75) is 25.8 Å². The van der Waals surface area contributed by atoms with E-state index in [0.717, 1.165) is 18.1 Å². The molecule has 0 amide bonds. The number of hydrogen-bond acceptors (Lipinski definition) is 2. The topological polar surface area (TPSA) is 15.3 Å². The van der Waals surface area contributed by atoms with Crippen LogP contribution in [-0.4, -0.2) is 26.2 Å². The van der Waals surface area contributed by atoms with Crippen LogP contribution in [0, 0.1) is 6.92 Å². The van der Waals surface area contributed by atoms with Crippen LogP contribution >= 0.6 is 11.6 Å². The molecule has 1 saturated heterocycles. The van der Waals surface area contributed by atoms with Crippen molar-refractivity contribution in [2.75, 3.05) is 25.0 Å². The molecule has 1 heterocycles. The van der Waals surface area contributed by atoms with Crippen LogP contribution in [0.2, 0.25) is 5.02 Å². The summed E-state index contributed by atoms with van der Waals surface area (Å²) in [5.41, 5.74) is 2.49. The zero-order valence-electron chi connectivity index (χ0n) is 9.96. The number of aryl methyl sites for hydroxylation is 1. The molecule has 1 aliphatic rings. The zero-order valence-corrected chi connectivity index (χ0v) is 10.7. The average Bonchev–Trinajstić information content (AvgIpc) is 2.30. The van der Waals surface area contributed by atoms with Crippen LogP contribution in [0.1, 0.15) is 18.4 Å². The van der Waals surface area contributed by atoms with Crippen molar-refractivity contribution in [2.24, 2.45) is 0 Å². The van der Waals surface area contributed by atoms with E-state index in [1.165, 1.54) is 24.1 Å². The molecule has 1 N–H and O–H groups in total. The van der Waals surface area contributed by atoms with Gasteiger partial charge in [0.25, 0.3) is 0 Å². The molecule has 0 atom stereocenters. The third-order valence-electron chi connectivity index (χ3n) is 3.41. The van der Waals surface area contributed by atoms with Gasteiger partial charge in [0, 0.05) is 19.1 Å². The van der Waals surface area contributed by atoms with Crippen molar-refractivity contribution in [3.8, 4) is 0 Å². The lowest BCUT2D eigenvalue weighted by molar-refractivity contribution is 0.442. The van der Waals surface area contributed by atoms with Gasteiger partial charge < -0.3 is 10.2 Å². The van der Waals surface area contributed by atoms with Gasteiger partial charge in [0.15, 0.2) is 0 Å². The van der Waals surface area contributed by atoms with Gasteiger partial charge in [0.1, 0.15) is 0 Å². The summed E-state index contributed by atoms with van der Waals surface area (Å²) < 4.78 is 0. The van der Waals surface area contributed by atoms with Crippen LogP contribution in [0.5, 0.6) is 0 Å². The van der Waals surface area contributed by atoms with E-state index in [4.69, 9.17) is 11.6 Å². The number of benzene rings is 1. The fourth-order valence-corrected chi connectivity index (χ4v) is 2.76. The molecule has 1 aromatic carbocycles. The zero-order chi connectivity index (χ0) is 11.5. The minimum atomic E-state index is 0.666. The van der Waals surface area contributed by atoms with E-state index in [2.05, 4.69) is 23.2 Å². The predicted molar refractivity (Wildman–Crippen MR) is 70.5 cm³/mol. The van der Waals surface area contributed by atoms with Gasteiger partial charge in [0.05, 0.1) is 10.7 Å². The van der Waals surface area contributed by atoms with Crippen molar-refractivity contribution < 1.29 is 0 Å². The second-order valence-corrected chi connectivity index (χ2v) is 4.86. The molecule has 1 aliphatic heterocycles. The Labute approximate surface area is 103 Å². The molecule has 2 nitrogen and oxygen atoms in total. The first-order valence-electron chi connectivity index (χ1n) is 5.89. The lowest BCUT2D eigenvalue weighted by atomic mass is 10.0. The van der Waals surface area contributed by atoms with Gasteiger partial charge in [-0.05, 0) is 38.4 Å². The lowest BCUT2D eigenvalue weighted by Crippen LogP contribution is -2.41. The number of nitrogens with one attached hydrogen (secondary N) is 1. The largest absolute Gasteiger partial charge is 0.370 e. The molecule has 1 fully saturated rings. The molecule has 0 unspecified atom stereocenters.